The molecule has 1 saturated carbocycles. The van der Waals surface area contributed by atoms with Crippen molar-refractivity contribution in [3.8, 4) is 11.3 Å². The Morgan fingerprint density at radius 1 is 1.11 bits per heavy atom. The fourth-order valence-corrected chi connectivity index (χ4v) is 3.32. The van der Waals surface area contributed by atoms with Gasteiger partial charge in [-0.15, -0.1) is 5.10 Å². The number of hydrogen-bond donors (Lipinski definition) is 2. The molecule has 0 saturated heterocycles. The summed E-state index contributed by atoms with van der Waals surface area (Å²) < 4.78 is 4.89. The number of benzene rings is 1. The number of ether oxygens (including phenoxy) is 1. The summed E-state index contributed by atoms with van der Waals surface area (Å²) in [5.74, 6) is -0.513. The van der Waals surface area contributed by atoms with Gasteiger partial charge in [0.2, 0.25) is 0 Å². The molecular formula is C19H23N5O3. The summed E-state index contributed by atoms with van der Waals surface area (Å²) in [6, 6.07) is 8.79. The highest BCUT2D eigenvalue weighted by Crippen LogP contribution is 2.24. The van der Waals surface area contributed by atoms with Crippen molar-refractivity contribution in [3.63, 3.8) is 0 Å². The molecule has 0 radical (unpaired) electrons. The molecule has 8 heteroatoms. The Balaban J connectivity index is 1.67. The number of aromatic nitrogens is 3. The number of carbonyl (C=O) groups excluding carboxylic acids is 2. The maximum absolute atomic E-state index is 12.4. The van der Waals surface area contributed by atoms with Crippen LogP contribution >= 0.6 is 0 Å². The second-order valence-electron chi connectivity index (χ2n) is 6.50. The molecule has 27 heavy (non-hydrogen) atoms. The Kier molecular flexibility index (Phi) is 6.30. The number of nitrogens with zero attached hydrogens (tertiary/aromatic N) is 3. The molecule has 0 aliphatic heterocycles. The van der Waals surface area contributed by atoms with Crippen molar-refractivity contribution in [2.24, 2.45) is 5.92 Å². The van der Waals surface area contributed by atoms with E-state index in [-0.39, 0.29) is 23.9 Å². The van der Waals surface area contributed by atoms with Crippen LogP contribution < -0.4 is 10.6 Å². The third-order valence-corrected chi connectivity index (χ3v) is 4.69. The highest BCUT2D eigenvalue weighted by atomic mass is 16.5. The minimum Gasteiger partial charge on any atom is -0.469 e. The van der Waals surface area contributed by atoms with Gasteiger partial charge in [0.25, 0.3) is 5.95 Å². The summed E-state index contributed by atoms with van der Waals surface area (Å²) in [7, 11) is 1.37. The van der Waals surface area contributed by atoms with Gasteiger partial charge in [-0.2, -0.15) is 5.10 Å². The summed E-state index contributed by atoms with van der Waals surface area (Å²) >= 11 is 0. The number of rotatable bonds is 4. The van der Waals surface area contributed by atoms with E-state index in [4.69, 9.17) is 4.74 Å². The molecule has 0 bridgehead atoms. The van der Waals surface area contributed by atoms with Crippen LogP contribution in [0.3, 0.4) is 0 Å². The van der Waals surface area contributed by atoms with Crippen molar-refractivity contribution in [2.75, 3.05) is 12.4 Å². The lowest BCUT2D eigenvalue weighted by Gasteiger charge is -2.24. The third-order valence-electron chi connectivity index (χ3n) is 4.69. The fraction of sp³-hybridized carbons (Fsp3) is 0.421. The van der Waals surface area contributed by atoms with E-state index >= 15 is 0 Å². The Bertz CT molecular complexity index is 784. The Labute approximate surface area is 157 Å². The zero-order chi connectivity index (χ0) is 19.1. The lowest BCUT2D eigenvalue weighted by atomic mass is 9.95. The van der Waals surface area contributed by atoms with Crippen LogP contribution in [0.2, 0.25) is 0 Å². The molecule has 2 aromatic rings. The van der Waals surface area contributed by atoms with Gasteiger partial charge in [-0.05, 0) is 12.8 Å². The quantitative estimate of drug-likeness (QED) is 0.634. The van der Waals surface area contributed by atoms with E-state index in [1.807, 2.05) is 30.3 Å². The van der Waals surface area contributed by atoms with E-state index in [0.717, 1.165) is 31.2 Å². The van der Waals surface area contributed by atoms with Gasteiger partial charge in [0.15, 0.2) is 0 Å². The molecule has 1 aromatic carbocycles. The molecule has 2 atom stereocenters. The molecule has 0 spiro atoms. The van der Waals surface area contributed by atoms with Gasteiger partial charge >= 0.3 is 12.0 Å². The summed E-state index contributed by atoms with van der Waals surface area (Å²) in [5, 5.41) is 13.2. The maximum Gasteiger partial charge on any atom is 0.321 e. The molecule has 0 unspecified atom stereocenters. The fourth-order valence-electron chi connectivity index (χ4n) is 3.32. The highest BCUT2D eigenvalue weighted by Gasteiger charge is 2.31. The largest absolute Gasteiger partial charge is 0.469 e. The zero-order valence-corrected chi connectivity index (χ0v) is 15.2. The summed E-state index contributed by atoms with van der Waals surface area (Å²) in [6.45, 7) is 0. The molecule has 8 nitrogen and oxygen atoms in total. The molecule has 1 aromatic heterocycles. The number of amides is 2. The van der Waals surface area contributed by atoms with E-state index in [0.29, 0.717) is 12.1 Å². The molecule has 142 valence electrons. The summed E-state index contributed by atoms with van der Waals surface area (Å²) in [5.41, 5.74) is 1.49. The van der Waals surface area contributed by atoms with Gasteiger partial charge in [-0.25, -0.2) is 9.78 Å². The van der Waals surface area contributed by atoms with Gasteiger partial charge in [0.05, 0.1) is 24.9 Å². The van der Waals surface area contributed by atoms with Crippen LogP contribution in [0.15, 0.2) is 36.5 Å². The highest BCUT2D eigenvalue weighted by molar-refractivity contribution is 5.88. The number of methoxy groups -OCH3 is 1. The Hall–Kier alpha value is -3.03. The second-order valence-corrected chi connectivity index (χ2v) is 6.50. The number of nitrogens with one attached hydrogen (secondary N) is 2. The zero-order valence-electron chi connectivity index (χ0n) is 15.2. The molecule has 3 rings (SSSR count). The van der Waals surface area contributed by atoms with E-state index < -0.39 is 6.03 Å². The lowest BCUT2D eigenvalue weighted by Crippen LogP contribution is -2.45. The first-order chi connectivity index (χ1) is 13.2. The van der Waals surface area contributed by atoms with E-state index in [1.165, 1.54) is 13.3 Å². The molecular weight excluding hydrogens is 346 g/mol. The van der Waals surface area contributed by atoms with Crippen molar-refractivity contribution in [1.82, 2.24) is 20.5 Å². The number of anilines is 1. The van der Waals surface area contributed by atoms with Crippen LogP contribution in [0.5, 0.6) is 0 Å². The normalized spacial score (nSPS) is 19.6. The molecule has 1 heterocycles. The molecule has 1 aliphatic carbocycles. The summed E-state index contributed by atoms with van der Waals surface area (Å²) in [6.07, 6.45) is 5.93. The van der Waals surface area contributed by atoms with Crippen LogP contribution in [-0.4, -0.2) is 40.3 Å². The van der Waals surface area contributed by atoms with Gasteiger partial charge in [-0.3, -0.25) is 10.1 Å². The first-order valence-electron chi connectivity index (χ1n) is 9.08. The number of esters is 1. The maximum atomic E-state index is 12.4. The summed E-state index contributed by atoms with van der Waals surface area (Å²) in [4.78, 5) is 28.8. The molecule has 2 N–H and O–H groups in total. The predicted molar refractivity (Wildman–Crippen MR) is 99.8 cm³/mol. The van der Waals surface area contributed by atoms with Crippen molar-refractivity contribution >= 4 is 17.9 Å². The lowest BCUT2D eigenvalue weighted by molar-refractivity contribution is -0.146. The van der Waals surface area contributed by atoms with E-state index in [9.17, 15) is 9.59 Å². The molecule has 1 fully saturated rings. The molecule has 1 aliphatic rings. The van der Waals surface area contributed by atoms with Crippen molar-refractivity contribution in [2.45, 2.75) is 38.1 Å². The first kappa shape index (κ1) is 18.8. The average molecular weight is 369 g/mol. The smallest absolute Gasteiger partial charge is 0.321 e. The van der Waals surface area contributed by atoms with E-state index in [2.05, 4.69) is 25.8 Å². The number of urea groups is 1. The monoisotopic (exact) mass is 369 g/mol. The first-order valence-corrected chi connectivity index (χ1v) is 9.08. The van der Waals surface area contributed by atoms with Gasteiger partial charge < -0.3 is 10.1 Å². The van der Waals surface area contributed by atoms with Crippen LogP contribution in [0.25, 0.3) is 11.3 Å². The van der Waals surface area contributed by atoms with Crippen LogP contribution in [0.4, 0.5) is 10.7 Å². The average Bonchev–Trinajstić information content (AvgIpc) is 2.93. The number of hydrogen-bond acceptors (Lipinski definition) is 6. The van der Waals surface area contributed by atoms with Crippen molar-refractivity contribution in [3.05, 3.63) is 36.5 Å². The van der Waals surface area contributed by atoms with Gasteiger partial charge in [0, 0.05) is 11.6 Å². The number of carbonyl (C=O) groups is 2. The SMILES string of the molecule is COC(=O)[C@@H]1CCCCC[C@H]1NC(=O)Nc1nncc(-c2ccccc2)n1. The van der Waals surface area contributed by atoms with Crippen LogP contribution in [0.1, 0.15) is 32.1 Å². The topological polar surface area (TPSA) is 106 Å². The van der Waals surface area contributed by atoms with Crippen molar-refractivity contribution < 1.29 is 14.3 Å². The molecule has 2 amide bonds. The minimum atomic E-state index is -0.456. The Morgan fingerprint density at radius 3 is 2.67 bits per heavy atom. The van der Waals surface area contributed by atoms with Gasteiger partial charge in [0.1, 0.15) is 0 Å². The predicted octanol–water partition coefficient (Wildman–Crippen LogP) is 2.78. The minimum absolute atomic E-state index is 0.108. The second kappa shape index (κ2) is 9.07. The third kappa shape index (κ3) is 4.99. The van der Waals surface area contributed by atoms with E-state index in [1.54, 1.807) is 0 Å². The van der Waals surface area contributed by atoms with Crippen LogP contribution in [-0.2, 0) is 9.53 Å². The van der Waals surface area contributed by atoms with Crippen LogP contribution in [0, 0.1) is 5.92 Å². The Morgan fingerprint density at radius 2 is 1.89 bits per heavy atom. The standard InChI is InChI=1S/C19H23N5O3/c1-27-17(25)14-10-6-3-7-11-15(14)22-19(26)23-18-21-16(12-20-24-18)13-8-4-2-5-9-13/h2,4-5,8-9,12,14-15H,3,6-7,10-11H2,1H3,(H2,21,22,23,24,26)/t14-,15-/m1/s1. The van der Waals surface area contributed by atoms with Gasteiger partial charge in [-0.1, -0.05) is 49.6 Å². The van der Waals surface area contributed by atoms with Crippen molar-refractivity contribution in [1.29, 1.82) is 0 Å².